The van der Waals surface area contributed by atoms with E-state index in [1.54, 1.807) is 33.0 Å². The van der Waals surface area contributed by atoms with Gasteiger partial charge < -0.3 is 5.32 Å². The molecule has 1 aromatic carbocycles. The monoisotopic (exact) mass is 379 g/mol. The molecule has 0 unspecified atom stereocenters. The lowest BCUT2D eigenvalue weighted by Gasteiger charge is -2.21. The van der Waals surface area contributed by atoms with Gasteiger partial charge in [0.1, 0.15) is 12.4 Å². The Morgan fingerprint density at radius 2 is 1.92 bits per heavy atom. The summed E-state index contributed by atoms with van der Waals surface area (Å²) in [7, 11) is -2.08. The Bertz CT molecular complexity index is 890. The van der Waals surface area contributed by atoms with Gasteiger partial charge in [-0.3, -0.25) is 9.48 Å². The predicted molar refractivity (Wildman–Crippen MR) is 97.7 cm³/mol. The summed E-state index contributed by atoms with van der Waals surface area (Å²) < 4.78 is 29.4. The van der Waals surface area contributed by atoms with E-state index in [1.165, 1.54) is 17.1 Å². The number of nitrogens with one attached hydrogen (secondary N) is 2. The maximum absolute atomic E-state index is 12.7. The maximum atomic E-state index is 12.7. The zero-order chi connectivity index (χ0) is 19.5. The van der Waals surface area contributed by atoms with Gasteiger partial charge in [-0.1, -0.05) is 19.9 Å². The Morgan fingerprint density at radius 3 is 2.46 bits per heavy atom. The first kappa shape index (κ1) is 20.1. The summed E-state index contributed by atoms with van der Waals surface area (Å²) in [5.74, 6) is -0.187. The number of aromatic nitrogens is 3. The Labute approximate surface area is 154 Å². The smallest absolute Gasteiger partial charge is 0.241 e. The third-order valence-corrected chi connectivity index (χ3v) is 5.53. The highest BCUT2D eigenvalue weighted by atomic mass is 32.2. The number of aryl methyl sites for hydroxylation is 3. The van der Waals surface area contributed by atoms with Crippen LogP contribution in [0.4, 0.5) is 0 Å². The van der Waals surface area contributed by atoms with Crippen LogP contribution in [-0.4, -0.2) is 35.1 Å². The van der Waals surface area contributed by atoms with E-state index in [2.05, 4.69) is 20.1 Å². The minimum atomic E-state index is -3.81. The van der Waals surface area contributed by atoms with Crippen LogP contribution in [0.25, 0.3) is 0 Å². The fourth-order valence-electron chi connectivity index (χ4n) is 2.35. The second-order valence-electron chi connectivity index (χ2n) is 6.64. The summed E-state index contributed by atoms with van der Waals surface area (Å²) in [6, 6.07) is 3.99. The van der Waals surface area contributed by atoms with Gasteiger partial charge in [-0.2, -0.15) is 9.82 Å². The lowest BCUT2D eigenvalue weighted by molar-refractivity contribution is -0.123. The first-order valence-electron chi connectivity index (χ1n) is 8.32. The molecule has 1 atom stereocenters. The number of benzene rings is 1. The van der Waals surface area contributed by atoms with Crippen molar-refractivity contribution in [3.63, 3.8) is 0 Å². The van der Waals surface area contributed by atoms with Crippen molar-refractivity contribution in [3.8, 4) is 0 Å². The number of carbonyl (C=O) groups is 1. The van der Waals surface area contributed by atoms with Crippen LogP contribution in [0.5, 0.6) is 0 Å². The van der Waals surface area contributed by atoms with Crippen molar-refractivity contribution in [1.82, 2.24) is 24.8 Å². The van der Waals surface area contributed by atoms with E-state index in [4.69, 9.17) is 0 Å². The second kappa shape index (κ2) is 7.96. The van der Waals surface area contributed by atoms with Crippen LogP contribution < -0.4 is 10.0 Å². The fraction of sp³-hybridized carbons (Fsp3) is 0.471. The van der Waals surface area contributed by atoms with Crippen LogP contribution in [-0.2, 0) is 28.4 Å². The molecule has 9 heteroatoms. The lowest BCUT2D eigenvalue weighted by Crippen LogP contribution is -2.49. The molecule has 1 aromatic heterocycles. The summed E-state index contributed by atoms with van der Waals surface area (Å²) >= 11 is 0. The normalized spacial score (nSPS) is 13.0. The number of sulfonamides is 1. The third-order valence-electron chi connectivity index (χ3n) is 4.09. The van der Waals surface area contributed by atoms with Crippen LogP contribution in [0.3, 0.4) is 0 Å². The van der Waals surface area contributed by atoms with E-state index < -0.39 is 22.0 Å². The predicted octanol–water partition coefficient (Wildman–Crippen LogP) is 1.05. The van der Waals surface area contributed by atoms with Crippen LogP contribution in [0.15, 0.2) is 29.4 Å². The van der Waals surface area contributed by atoms with Crippen molar-refractivity contribution in [2.75, 3.05) is 0 Å². The van der Waals surface area contributed by atoms with Gasteiger partial charge in [-0.05, 0) is 43.0 Å². The van der Waals surface area contributed by atoms with Crippen molar-refractivity contribution in [2.45, 2.75) is 45.2 Å². The number of carbonyl (C=O) groups excluding carboxylic acids is 1. The molecule has 0 aliphatic rings. The average molecular weight is 379 g/mol. The SMILES string of the molecule is Cc1ccc(S(=O)(=O)N[C@H](C(=O)NCc2ncn(C)n2)C(C)C)cc1C. The molecule has 0 spiro atoms. The molecular weight excluding hydrogens is 354 g/mol. The van der Waals surface area contributed by atoms with Gasteiger partial charge in [0.05, 0.1) is 11.4 Å². The van der Waals surface area contributed by atoms with E-state index in [-0.39, 0.29) is 17.4 Å². The van der Waals surface area contributed by atoms with E-state index in [1.807, 2.05) is 13.8 Å². The minimum absolute atomic E-state index is 0.133. The molecule has 26 heavy (non-hydrogen) atoms. The van der Waals surface area contributed by atoms with Gasteiger partial charge in [-0.15, -0.1) is 0 Å². The Hall–Kier alpha value is -2.26. The highest BCUT2D eigenvalue weighted by molar-refractivity contribution is 7.89. The highest BCUT2D eigenvalue weighted by Gasteiger charge is 2.28. The fourth-order valence-corrected chi connectivity index (χ4v) is 3.78. The van der Waals surface area contributed by atoms with E-state index in [9.17, 15) is 13.2 Å². The first-order valence-corrected chi connectivity index (χ1v) is 9.80. The van der Waals surface area contributed by atoms with E-state index >= 15 is 0 Å². The van der Waals surface area contributed by atoms with Crippen molar-refractivity contribution in [3.05, 3.63) is 41.5 Å². The molecule has 0 fully saturated rings. The molecule has 8 nitrogen and oxygen atoms in total. The van der Waals surface area contributed by atoms with Gasteiger partial charge in [0.25, 0.3) is 0 Å². The maximum Gasteiger partial charge on any atom is 0.241 e. The van der Waals surface area contributed by atoms with E-state index in [0.717, 1.165) is 11.1 Å². The number of hydrogen-bond acceptors (Lipinski definition) is 5. The highest BCUT2D eigenvalue weighted by Crippen LogP contribution is 2.16. The van der Waals surface area contributed by atoms with Gasteiger partial charge in [0.15, 0.2) is 5.82 Å². The molecule has 0 aliphatic carbocycles. The molecule has 142 valence electrons. The molecule has 0 saturated heterocycles. The Balaban J connectivity index is 2.12. The molecule has 0 radical (unpaired) electrons. The molecule has 0 bridgehead atoms. The Morgan fingerprint density at radius 1 is 1.23 bits per heavy atom. The summed E-state index contributed by atoms with van der Waals surface area (Å²) in [5, 5.41) is 6.76. The zero-order valence-electron chi connectivity index (χ0n) is 15.6. The summed E-state index contributed by atoms with van der Waals surface area (Å²) in [6.07, 6.45) is 1.53. The van der Waals surface area contributed by atoms with Crippen molar-refractivity contribution in [1.29, 1.82) is 0 Å². The lowest BCUT2D eigenvalue weighted by atomic mass is 10.1. The molecule has 1 heterocycles. The quantitative estimate of drug-likeness (QED) is 0.748. The topological polar surface area (TPSA) is 106 Å². The largest absolute Gasteiger partial charge is 0.347 e. The van der Waals surface area contributed by atoms with Crippen LogP contribution in [0.2, 0.25) is 0 Å². The van der Waals surface area contributed by atoms with Crippen LogP contribution in [0.1, 0.15) is 30.8 Å². The molecule has 2 rings (SSSR count). The zero-order valence-corrected chi connectivity index (χ0v) is 16.5. The van der Waals surface area contributed by atoms with Gasteiger partial charge >= 0.3 is 0 Å². The van der Waals surface area contributed by atoms with Crippen molar-refractivity contribution < 1.29 is 13.2 Å². The van der Waals surface area contributed by atoms with Crippen LogP contribution in [0, 0.1) is 19.8 Å². The van der Waals surface area contributed by atoms with E-state index in [0.29, 0.717) is 5.82 Å². The van der Waals surface area contributed by atoms with Gasteiger partial charge in [-0.25, -0.2) is 13.4 Å². The standard InChI is InChI=1S/C17H25N5O3S/c1-11(2)16(17(23)18-9-15-19-10-22(5)20-15)21-26(24,25)14-7-6-12(3)13(4)8-14/h6-8,10-11,16,21H,9H2,1-5H3,(H,18,23)/t16-/m0/s1. The van der Waals surface area contributed by atoms with Crippen molar-refractivity contribution in [2.24, 2.45) is 13.0 Å². The molecule has 0 aliphatic heterocycles. The molecule has 1 amide bonds. The van der Waals surface area contributed by atoms with Crippen molar-refractivity contribution >= 4 is 15.9 Å². The molecule has 2 N–H and O–H groups in total. The summed E-state index contributed by atoms with van der Waals surface area (Å²) in [5.41, 5.74) is 1.88. The number of amides is 1. The summed E-state index contributed by atoms with van der Waals surface area (Å²) in [6.45, 7) is 7.46. The number of rotatable bonds is 7. The second-order valence-corrected chi connectivity index (χ2v) is 8.36. The number of nitrogens with zero attached hydrogens (tertiary/aromatic N) is 3. The molecule has 2 aromatic rings. The molecule has 0 saturated carbocycles. The minimum Gasteiger partial charge on any atom is -0.347 e. The first-order chi connectivity index (χ1) is 12.1. The molecular formula is C17H25N5O3S. The van der Waals surface area contributed by atoms with Gasteiger partial charge in [0, 0.05) is 7.05 Å². The van der Waals surface area contributed by atoms with Gasteiger partial charge in [0.2, 0.25) is 15.9 Å². The Kier molecular flexibility index (Phi) is 6.14. The number of hydrogen-bond donors (Lipinski definition) is 2. The van der Waals surface area contributed by atoms with Crippen LogP contribution >= 0.6 is 0 Å². The third kappa shape index (κ3) is 4.89. The summed E-state index contributed by atoms with van der Waals surface area (Å²) in [4.78, 5) is 16.7. The average Bonchev–Trinajstić information content (AvgIpc) is 2.98.